The van der Waals surface area contributed by atoms with Crippen molar-refractivity contribution in [3.8, 4) is 0 Å². The molecular formula is C10H10F12N4. The Kier molecular flexibility index (Phi) is 5.24. The number of halogens is 12. The maximum Gasteiger partial charge on any atom is 0.434 e. The van der Waals surface area contributed by atoms with Gasteiger partial charge in [0, 0.05) is 0 Å². The van der Waals surface area contributed by atoms with Crippen molar-refractivity contribution in [3.63, 3.8) is 0 Å². The molecule has 4 nitrogen and oxygen atoms in total. The highest BCUT2D eigenvalue weighted by Crippen LogP contribution is 2.53. The maximum absolute atomic E-state index is 13.2. The Bertz CT molecular complexity index is 524. The van der Waals surface area contributed by atoms with Gasteiger partial charge in [-0.15, -0.1) is 0 Å². The standard InChI is InChI=1S/C10H10F12N4/c1-26(2)3-23-4-5(7(11,12)13,8(14,15)16)25-6(24-4,9(17,18)19)10(20,21)22/h25H,3H2,1-2H3,(H,23,24). The van der Waals surface area contributed by atoms with E-state index in [4.69, 9.17) is 0 Å². The van der Waals surface area contributed by atoms with Crippen molar-refractivity contribution in [2.24, 2.45) is 4.99 Å². The molecule has 1 aliphatic heterocycles. The van der Waals surface area contributed by atoms with Gasteiger partial charge in [0.05, 0.1) is 6.67 Å². The second kappa shape index (κ2) is 6.03. The molecule has 0 amide bonds. The van der Waals surface area contributed by atoms with E-state index in [9.17, 15) is 52.7 Å². The molecule has 154 valence electrons. The smallest absolute Gasteiger partial charge is 0.339 e. The third kappa shape index (κ3) is 3.27. The van der Waals surface area contributed by atoms with Crippen LogP contribution < -0.4 is 10.6 Å². The summed E-state index contributed by atoms with van der Waals surface area (Å²) in [5.74, 6) is -2.60. The Balaban J connectivity index is 3.84. The van der Waals surface area contributed by atoms with E-state index in [0.29, 0.717) is 0 Å². The molecule has 0 radical (unpaired) electrons. The molecule has 16 heteroatoms. The molecule has 0 aromatic heterocycles. The van der Waals surface area contributed by atoms with Crippen molar-refractivity contribution in [1.29, 1.82) is 0 Å². The molecular weight excluding hydrogens is 404 g/mol. The van der Waals surface area contributed by atoms with Gasteiger partial charge >= 0.3 is 24.7 Å². The van der Waals surface area contributed by atoms with E-state index in [-0.39, 0.29) is 10.6 Å². The molecule has 0 aliphatic carbocycles. The van der Waals surface area contributed by atoms with E-state index in [2.05, 4.69) is 4.99 Å². The Morgan fingerprint density at radius 3 is 1.42 bits per heavy atom. The van der Waals surface area contributed by atoms with Gasteiger partial charge in [0.15, 0.2) is 0 Å². The minimum atomic E-state index is -6.64. The molecule has 1 saturated heterocycles. The molecule has 0 spiro atoms. The first-order valence-electron chi connectivity index (χ1n) is 6.27. The number of hydrogen-bond acceptors (Lipinski definition) is 3. The van der Waals surface area contributed by atoms with Crippen LogP contribution in [0.3, 0.4) is 0 Å². The Morgan fingerprint density at radius 2 is 1.15 bits per heavy atom. The molecule has 26 heavy (non-hydrogen) atoms. The van der Waals surface area contributed by atoms with Crippen molar-refractivity contribution in [2.45, 2.75) is 35.9 Å². The van der Waals surface area contributed by atoms with Crippen LogP contribution in [0.15, 0.2) is 4.99 Å². The van der Waals surface area contributed by atoms with Gasteiger partial charge < -0.3 is 5.32 Å². The average molecular weight is 414 g/mol. The predicted octanol–water partition coefficient (Wildman–Crippen LogP) is 2.78. The van der Waals surface area contributed by atoms with E-state index in [1.807, 2.05) is 0 Å². The highest BCUT2D eigenvalue weighted by molar-refractivity contribution is 5.96. The van der Waals surface area contributed by atoms with Crippen LogP contribution in [0.4, 0.5) is 52.7 Å². The van der Waals surface area contributed by atoms with Gasteiger partial charge in [0.1, 0.15) is 5.84 Å². The summed E-state index contributed by atoms with van der Waals surface area (Å²) >= 11 is 0. The van der Waals surface area contributed by atoms with E-state index >= 15 is 0 Å². The molecule has 0 aromatic carbocycles. The van der Waals surface area contributed by atoms with Gasteiger partial charge in [-0.1, -0.05) is 0 Å². The number of alkyl halides is 12. The highest BCUT2D eigenvalue weighted by Gasteiger charge is 2.87. The van der Waals surface area contributed by atoms with E-state index in [1.54, 1.807) is 0 Å². The third-order valence-corrected chi connectivity index (χ3v) is 3.25. The zero-order chi connectivity index (χ0) is 21.0. The summed E-state index contributed by atoms with van der Waals surface area (Å²) in [5.41, 5.74) is -11.4. The SMILES string of the molecule is CN(C)CN=C1NC(C(F)(F)F)(C(F)(F)F)NC1(C(F)(F)F)C(F)(F)F. The first-order valence-corrected chi connectivity index (χ1v) is 6.27. The van der Waals surface area contributed by atoms with Crippen molar-refractivity contribution in [3.05, 3.63) is 0 Å². The van der Waals surface area contributed by atoms with Gasteiger partial charge in [0.25, 0.3) is 11.2 Å². The van der Waals surface area contributed by atoms with Crippen LogP contribution in [0.2, 0.25) is 0 Å². The third-order valence-electron chi connectivity index (χ3n) is 3.25. The Hall–Kier alpha value is -1.45. The number of aliphatic imine (C=N–C) groups is 1. The van der Waals surface area contributed by atoms with Gasteiger partial charge in [-0.2, -0.15) is 52.7 Å². The molecule has 0 saturated carbocycles. The Labute approximate surface area is 137 Å². The van der Waals surface area contributed by atoms with Gasteiger partial charge in [-0.25, -0.2) is 0 Å². The summed E-state index contributed by atoms with van der Waals surface area (Å²) < 4.78 is 157. The van der Waals surface area contributed by atoms with Crippen molar-refractivity contribution < 1.29 is 52.7 Å². The molecule has 1 fully saturated rings. The fourth-order valence-corrected chi connectivity index (χ4v) is 2.03. The number of amidine groups is 1. The summed E-state index contributed by atoms with van der Waals surface area (Å²) in [6.07, 6.45) is -26.5. The molecule has 0 aromatic rings. The summed E-state index contributed by atoms with van der Waals surface area (Å²) in [5, 5.41) is -0.0428. The Morgan fingerprint density at radius 1 is 0.769 bits per heavy atom. The number of nitrogens with zero attached hydrogens (tertiary/aromatic N) is 2. The lowest BCUT2D eigenvalue weighted by atomic mass is 9.97. The van der Waals surface area contributed by atoms with Crippen LogP contribution in [0.1, 0.15) is 0 Å². The molecule has 1 aliphatic rings. The summed E-state index contributed by atoms with van der Waals surface area (Å²) in [6, 6.07) is 0. The van der Waals surface area contributed by atoms with Crippen LogP contribution in [0, 0.1) is 0 Å². The van der Waals surface area contributed by atoms with Crippen LogP contribution in [-0.4, -0.2) is 67.4 Å². The largest absolute Gasteiger partial charge is 0.434 e. The zero-order valence-corrected chi connectivity index (χ0v) is 12.6. The van der Waals surface area contributed by atoms with Gasteiger partial charge in [0.2, 0.25) is 0 Å². The van der Waals surface area contributed by atoms with Gasteiger partial charge in [-0.05, 0) is 14.1 Å². The van der Waals surface area contributed by atoms with Crippen LogP contribution in [0.25, 0.3) is 0 Å². The molecule has 0 unspecified atom stereocenters. The summed E-state index contributed by atoms with van der Waals surface area (Å²) in [4.78, 5) is 3.49. The molecule has 1 heterocycles. The first-order chi connectivity index (χ1) is 11.2. The number of rotatable bonds is 2. The highest BCUT2D eigenvalue weighted by atomic mass is 19.4. The lowest BCUT2D eigenvalue weighted by Crippen LogP contribution is -2.75. The van der Waals surface area contributed by atoms with E-state index in [0.717, 1.165) is 19.0 Å². The average Bonchev–Trinajstić information content (AvgIpc) is 2.71. The zero-order valence-electron chi connectivity index (χ0n) is 12.6. The van der Waals surface area contributed by atoms with Crippen LogP contribution in [-0.2, 0) is 0 Å². The minimum Gasteiger partial charge on any atom is -0.339 e. The second-order valence-corrected chi connectivity index (χ2v) is 5.47. The van der Waals surface area contributed by atoms with E-state index in [1.165, 1.54) is 0 Å². The maximum atomic E-state index is 13.2. The number of hydrogen-bond donors (Lipinski definition) is 2. The molecule has 1 rings (SSSR count). The molecule has 0 atom stereocenters. The van der Waals surface area contributed by atoms with E-state index < -0.39 is 48.4 Å². The first kappa shape index (κ1) is 22.6. The quantitative estimate of drug-likeness (QED) is 0.683. The lowest BCUT2D eigenvalue weighted by molar-refractivity contribution is -0.334. The van der Waals surface area contributed by atoms with Crippen LogP contribution >= 0.6 is 0 Å². The minimum absolute atomic E-state index is 0.266. The van der Waals surface area contributed by atoms with Crippen LogP contribution in [0.5, 0.6) is 0 Å². The number of nitrogens with one attached hydrogen (secondary N) is 2. The lowest BCUT2D eigenvalue weighted by Gasteiger charge is -2.37. The van der Waals surface area contributed by atoms with Crippen molar-refractivity contribution >= 4 is 5.84 Å². The predicted molar refractivity (Wildman–Crippen MR) is 61.9 cm³/mol. The van der Waals surface area contributed by atoms with Gasteiger partial charge in [-0.3, -0.25) is 15.2 Å². The normalized spacial score (nSPS) is 22.8. The fraction of sp³-hybridized carbons (Fsp3) is 0.900. The summed E-state index contributed by atoms with van der Waals surface area (Å²) in [6.45, 7) is -1.05. The molecule has 0 bridgehead atoms. The summed E-state index contributed by atoms with van der Waals surface area (Å²) in [7, 11) is 2.13. The topological polar surface area (TPSA) is 39.7 Å². The monoisotopic (exact) mass is 414 g/mol. The fourth-order valence-electron chi connectivity index (χ4n) is 2.03. The second-order valence-electron chi connectivity index (χ2n) is 5.47. The van der Waals surface area contributed by atoms with Crippen molar-refractivity contribution in [2.75, 3.05) is 20.8 Å². The molecule has 2 N–H and O–H groups in total. The van der Waals surface area contributed by atoms with Crippen molar-refractivity contribution in [1.82, 2.24) is 15.5 Å².